The van der Waals surface area contributed by atoms with Crippen molar-refractivity contribution < 1.29 is 8.42 Å². The minimum atomic E-state index is -3.14. The molecule has 0 unspecified atom stereocenters. The van der Waals surface area contributed by atoms with Gasteiger partial charge in [0.15, 0.2) is 0 Å². The van der Waals surface area contributed by atoms with Gasteiger partial charge in [0.25, 0.3) is 0 Å². The lowest BCUT2D eigenvalue weighted by atomic mass is 10.1. The second-order valence-electron chi connectivity index (χ2n) is 3.97. The SMILES string of the molecule is CS(=O)(=O)NCCCNc1cccc(Cl)c1C(N)=S. The molecule has 0 amide bonds. The van der Waals surface area contributed by atoms with Crippen LogP contribution in [-0.2, 0) is 10.0 Å². The number of hydrogen-bond acceptors (Lipinski definition) is 4. The Bertz CT molecular complexity index is 561. The molecule has 1 aromatic rings. The van der Waals surface area contributed by atoms with Crippen LogP contribution in [0.4, 0.5) is 5.69 Å². The molecule has 1 rings (SSSR count). The van der Waals surface area contributed by atoms with Crippen molar-refractivity contribution in [3.8, 4) is 0 Å². The molecular formula is C11H16ClN3O2S2. The van der Waals surface area contributed by atoms with E-state index in [0.29, 0.717) is 30.1 Å². The monoisotopic (exact) mass is 321 g/mol. The van der Waals surface area contributed by atoms with Crippen LogP contribution in [-0.4, -0.2) is 32.8 Å². The summed E-state index contributed by atoms with van der Waals surface area (Å²) in [5.74, 6) is 0. The van der Waals surface area contributed by atoms with Crippen LogP contribution in [0, 0.1) is 0 Å². The number of nitrogens with one attached hydrogen (secondary N) is 2. The largest absolute Gasteiger partial charge is 0.389 e. The zero-order valence-electron chi connectivity index (χ0n) is 10.4. The zero-order valence-corrected chi connectivity index (χ0v) is 12.8. The van der Waals surface area contributed by atoms with Crippen LogP contribution in [0.1, 0.15) is 12.0 Å². The summed E-state index contributed by atoms with van der Waals surface area (Å²) in [4.78, 5) is 0.224. The summed E-state index contributed by atoms with van der Waals surface area (Å²) in [5, 5.41) is 3.63. The Hall–Kier alpha value is -0.890. The van der Waals surface area contributed by atoms with Gasteiger partial charge in [-0.2, -0.15) is 0 Å². The van der Waals surface area contributed by atoms with Gasteiger partial charge in [-0.3, -0.25) is 0 Å². The Balaban J connectivity index is 2.55. The van der Waals surface area contributed by atoms with Crippen molar-refractivity contribution in [1.82, 2.24) is 4.72 Å². The number of benzene rings is 1. The summed E-state index contributed by atoms with van der Waals surface area (Å²) in [5.41, 5.74) is 6.97. The topological polar surface area (TPSA) is 84.2 Å². The van der Waals surface area contributed by atoms with Crippen molar-refractivity contribution in [2.24, 2.45) is 5.73 Å². The summed E-state index contributed by atoms with van der Waals surface area (Å²) >= 11 is 11.0. The van der Waals surface area contributed by atoms with E-state index >= 15 is 0 Å². The van der Waals surface area contributed by atoms with Gasteiger partial charge >= 0.3 is 0 Å². The van der Waals surface area contributed by atoms with E-state index in [0.717, 1.165) is 11.9 Å². The molecule has 0 aromatic heterocycles. The fraction of sp³-hybridized carbons (Fsp3) is 0.364. The molecule has 8 heteroatoms. The summed E-state index contributed by atoms with van der Waals surface area (Å²) < 4.78 is 24.2. The molecule has 0 aliphatic rings. The smallest absolute Gasteiger partial charge is 0.208 e. The van der Waals surface area contributed by atoms with Crippen LogP contribution in [0.25, 0.3) is 0 Å². The molecule has 19 heavy (non-hydrogen) atoms. The lowest BCUT2D eigenvalue weighted by Gasteiger charge is -2.12. The van der Waals surface area contributed by atoms with E-state index < -0.39 is 10.0 Å². The van der Waals surface area contributed by atoms with Crippen molar-refractivity contribution in [1.29, 1.82) is 0 Å². The minimum absolute atomic E-state index is 0.224. The molecule has 0 aliphatic carbocycles. The van der Waals surface area contributed by atoms with Crippen molar-refractivity contribution in [3.63, 3.8) is 0 Å². The molecule has 4 N–H and O–H groups in total. The highest BCUT2D eigenvalue weighted by molar-refractivity contribution is 7.88. The first-order valence-electron chi connectivity index (χ1n) is 5.58. The quantitative estimate of drug-likeness (QED) is 0.521. The molecule has 0 saturated carbocycles. The first kappa shape index (κ1) is 16.2. The highest BCUT2D eigenvalue weighted by Crippen LogP contribution is 2.24. The Morgan fingerprint density at radius 3 is 2.68 bits per heavy atom. The summed E-state index contributed by atoms with van der Waals surface area (Å²) in [6, 6.07) is 5.33. The Morgan fingerprint density at radius 1 is 1.42 bits per heavy atom. The van der Waals surface area contributed by atoms with Crippen LogP contribution in [0.15, 0.2) is 18.2 Å². The molecule has 5 nitrogen and oxygen atoms in total. The molecular weight excluding hydrogens is 306 g/mol. The predicted molar refractivity (Wildman–Crippen MR) is 83.3 cm³/mol. The highest BCUT2D eigenvalue weighted by Gasteiger charge is 2.09. The van der Waals surface area contributed by atoms with Crippen LogP contribution in [0.5, 0.6) is 0 Å². The van der Waals surface area contributed by atoms with Gasteiger partial charge in [-0.1, -0.05) is 29.9 Å². The second kappa shape index (κ2) is 7.04. The fourth-order valence-corrected chi connectivity index (χ4v) is 2.56. The lowest BCUT2D eigenvalue weighted by molar-refractivity contribution is 0.586. The molecule has 0 aliphatic heterocycles. The Kier molecular flexibility index (Phi) is 5.99. The normalized spacial score (nSPS) is 11.3. The summed E-state index contributed by atoms with van der Waals surface area (Å²) in [6.07, 6.45) is 1.76. The molecule has 0 heterocycles. The number of thiocarbonyl (C=S) groups is 1. The second-order valence-corrected chi connectivity index (χ2v) is 6.65. The van der Waals surface area contributed by atoms with Crippen LogP contribution in [0.3, 0.4) is 0 Å². The van der Waals surface area contributed by atoms with Gasteiger partial charge in [-0.25, -0.2) is 13.1 Å². The number of rotatable bonds is 7. The first-order valence-corrected chi connectivity index (χ1v) is 8.26. The standard InChI is InChI=1S/C11H16ClN3O2S2/c1-19(16,17)15-7-3-6-14-9-5-2-4-8(12)10(9)11(13)18/h2,4-5,14-15H,3,6-7H2,1H3,(H2,13,18). The maximum absolute atomic E-state index is 10.9. The van der Waals surface area contributed by atoms with Gasteiger partial charge in [0, 0.05) is 18.8 Å². The number of anilines is 1. The van der Waals surface area contributed by atoms with Gasteiger partial charge < -0.3 is 11.1 Å². The number of sulfonamides is 1. The molecule has 0 bridgehead atoms. The average Bonchev–Trinajstić information content (AvgIpc) is 2.26. The number of nitrogens with two attached hydrogens (primary N) is 1. The van der Waals surface area contributed by atoms with E-state index in [1.807, 2.05) is 6.07 Å². The average molecular weight is 322 g/mol. The third-order valence-corrected chi connectivity index (χ3v) is 3.54. The molecule has 106 valence electrons. The third kappa shape index (κ3) is 5.73. The molecule has 0 fully saturated rings. The minimum Gasteiger partial charge on any atom is -0.389 e. The lowest BCUT2D eigenvalue weighted by Crippen LogP contribution is -2.24. The van der Waals surface area contributed by atoms with Crippen LogP contribution in [0.2, 0.25) is 5.02 Å². The molecule has 0 saturated heterocycles. The first-order chi connectivity index (χ1) is 8.81. The van der Waals surface area contributed by atoms with E-state index in [4.69, 9.17) is 29.6 Å². The number of halogens is 1. The Labute approximate surface area is 123 Å². The van der Waals surface area contributed by atoms with Gasteiger partial charge in [-0.15, -0.1) is 0 Å². The zero-order chi connectivity index (χ0) is 14.5. The van der Waals surface area contributed by atoms with Crippen molar-refractivity contribution >= 4 is 44.5 Å². The molecule has 0 spiro atoms. The van der Waals surface area contributed by atoms with Crippen molar-refractivity contribution in [3.05, 3.63) is 28.8 Å². The summed E-state index contributed by atoms with van der Waals surface area (Å²) in [6.45, 7) is 0.952. The van der Waals surface area contributed by atoms with Gasteiger partial charge in [-0.05, 0) is 18.6 Å². The van der Waals surface area contributed by atoms with E-state index in [9.17, 15) is 8.42 Å². The van der Waals surface area contributed by atoms with Crippen LogP contribution >= 0.6 is 23.8 Å². The Morgan fingerprint density at radius 2 is 2.11 bits per heavy atom. The summed E-state index contributed by atoms with van der Waals surface area (Å²) in [7, 11) is -3.14. The molecule has 0 radical (unpaired) electrons. The van der Waals surface area contributed by atoms with Crippen LogP contribution < -0.4 is 15.8 Å². The predicted octanol–water partition coefficient (Wildman–Crippen LogP) is 1.33. The van der Waals surface area contributed by atoms with Crippen molar-refractivity contribution in [2.45, 2.75) is 6.42 Å². The fourth-order valence-electron chi connectivity index (χ4n) is 1.49. The molecule has 0 atom stereocenters. The van der Waals surface area contributed by atoms with E-state index in [-0.39, 0.29) is 4.99 Å². The molecule has 1 aromatic carbocycles. The number of hydrogen-bond donors (Lipinski definition) is 3. The maximum Gasteiger partial charge on any atom is 0.208 e. The van der Waals surface area contributed by atoms with Gasteiger partial charge in [0.1, 0.15) is 4.99 Å². The van der Waals surface area contributed by atoms with Gasteiger partial charge in [0.05, 0.1) is 16.8 Å². The van der Waals surface area contributed by atoms with E-state index in [1.165, 1.54) is 0 Å². The van der Waals surface area contributed by atoms with E-state index in [2.05, 4.69) is 10.0 Å². The van der Waals surface area contributed by atoms with E-state index in [1.54, 1.807) is 12.1 Å². The maximum atomic E-state index is 10.9. The third-order valence-electron chi connectivity index (χ3n) is 2.29. The van der Waals surface area contributed by atoms with Crippen molar-refractivity contribution in [2.75, 3.05) is 24.7 Å². The highest BCUT2D eigenvalue weighted by atomic mass is 35.5. The van der Waals surface area contributed by atoms with Gasteiger partial charge in [0.2, 0.25) is 10.0 Å².